The van der Waals surface area contributed by atoms with Gasteiger partial charge in [-0.2, -0.15) is 5.10 Å². The lowest BCUT2D eigenvalue weighted by Gasteiger charge is -2.11. The van der Waals surface area contributed by atoms with Crippen molar-refractivity contribution in [3.05, 3.63) is 47.5 Å². The summed E-state index contributed by atoms with van der Waals surface area (Å²) in [4.78, 5) is 4.40. The standard InChI is InChI=1S/C14H18N4/c1-11-4-6-12(7-5-11)9-18-14(16-10-17-18)13-3-2-8-15-13/h4-7,10,13,15H,2-3,8-9H2,1H3/t13-/m1/s1. The highest BCUT2D eigenvalue weighted by molar-refractivity contribution is 5.21. The molecule has 1 aliphatic rings. The normalized spacial score (nSPS) is 19.3. The third-order valence-electron chi connectivity index (χ3n) is 3.47. The molecule has 2 aromatic rings. The van der Waals surface area contributed by atoms with Crippen LogP contribution in [0.4, 0.5) is 0 Å². The van der Waals surface area contributed by atoms with E-state index in [4.69, 9.17) is 0 Å². The lowest BCUT2D eigenvalue weighted by molar-refractivity contribution is 0.537. The second-order valence-corrected chi connectivity index (χ2v) is 4.91. The number of hydrogen-bond acceptors (Lipinski definition) is 3. The Morgan fingerprint density at radius 2 is 2.17 bits per heavy atom. The molecule has 1 N–H and O–H groups in total. The molecule has 0 amide bonds. The Hall–Kier alpha value is -1.68. The monoisotopic (exact) mass is 242 g/mol. The first-order valence-corrected chi connectivity index (χ1v) is 6.49. The fourth-order valence-electron chi connectivity index (χ4n) is 2.44. The number of aromatic nitrogens is 3. The van der Waals surface area contributed by atoms with E-state index in [-0.39, 0.29) is 0 Å². The molecular weight excluding hydrogens is 224 g/mol. The van der Waals surface area contributed by atoms with Gasteiger partial charge in [0, 0.05) is 0 Å². The van der Waals surface area contributed by atoms with E-state index in [0.717, 1.165) is 25.3 Å². The summed E-state index contributed by atoms with van der Waals surface area (Å²) in [6, 6.07) is 8.96. The number of nitrogens with zero attached hydrogens (tertiary/aromatic N) is 3. The van der Waals surface area contributed by atoms with Crippen molar-refractivity contribution in [2.75, 3.05) is 6.54 Å². The first kappa shape index (κ1) is 11.4. The molecule has 0 saturated carbocycles. The van der Waals surface area contributed by atoms with Gasteiger partial charge in [-0.25, -0.2) is 9.67 Å². The first-order chi connectivity index (χ1) is 8.83. The van der Waals surface area contributed by atoms with E-state index in [9.17, 15) is 0 Å². The second-order valence-electron chi connectivity index (χ2n) is 4.91. The lowest BCUT2D eigenvalue weighted by Crippen LogP contribution is -2.19. The van der Waals surface area contributed by atoms with E-state index in [0.29, 0.717) is 6.04 Å². The van der Waals surface area contributed by atoms with Crippen molar-refractivity contribution < 1.29 is 0 Å². The SMILES string of the molecule is Cc1ccc(Cn2ncnc2[C@H]2CCCN2)cc1. The maximum Gasteiger partial charge on any atom is 0.144 e. The van der Waals surface area contributed by atoms with Crippen LogP contribution >= 0.6 is 0 Å². The molecule has 0 bridgehead atoms. The fourth-order valence-corrected chi connectivity index (χ4v) is 2.44. The van der Waals surface area contributed by atoms with E-state index >= 15 is 0 Å². The Balaban J connectivity index is 1.80. The molecule has 4 heteroatoms. The molecule has 1 fully saturated rings. The molecule has 3 rings (SSSR count). The van der Waals surface area contributed by atoms with Crippen molar-refractivity contribution in [3.8, 4) is 0 Å². The van der Waals surface area contributed by atoms with Crippen molar-refractivity contribution in [1.82, 2.24) is 20.1 Å². The maximum absolute atomic E-state index is 4.40. The molecule has 1 aliphatic heterocycles. The molecule has 1 aromatic carbocycles. The van der Waals surface area contributed by atoms with Gasteiger partial charge in [0.2, 0.25) is 0 Å². The second kappa shape index (κ2) is 4.90. The lowest BCUT2D eigenvalue weighted by atomic mass is 10.1. The van der Waals surface area contributed by atoms with E-state index in [2.05, 4.69) is 46.6 Å². The summed E-state index contributed by atoms with van der Waals surface area (Å²) in [5.74, 6) is 1.06. The summed E-state index contributed by atoms with van der Waals surface area (Å²) >= 11 is 0. The Kier molecular flexibility index (Phi) is 3.11. The van der Waals surface area contributed by atoms with Gasteiger partial charge >= 0.3 is 0 Å². The van der Waals surface area contributed by atoms with Crippen LogP contribution in [0.3, 0.4) is 0 Å². The summed E-state index contributed by atoms with van der Waals surface area (Å²) in [5, 5.41) is 7.81. The summed E-state index contributed by atoms with van der Waals surface area (Å²) in [7, 11) is 0. The molecule has 0 spiro atoms. The third-order valence-corrected chi connectivity index (χ3v) is 3.47. The van der Waals surface area contributed by atoms with E-state index in [1.807, 2.05) is 4.68 Å². The fraction of sp³-hybridized carbons (Fsp3) is 0.429. The molecular formula is C14H18N4. The highest BCUT2D eigenvalue weighted by Crippen LogP contribution is 2.21. The van der Waals surface area contributed by atoms with Gasteiger partial charge in [-0.3, -0.25) is 0 Å². The Morgan fingerprint density at radius 3 is 2.89 bits per heavy atom. The minimum atomic E-state index is 0.373. The molecule has 4 nitrogen and oxygen atoms in total. The Bertz CT molecular complexity index is 509. The zero-order chi connectivity index (χ0) is 12.4. The van der Waals surface area contributed by atoms with Gasteiger partial charge in [-0.15, -0.1) is 0 Å². The first-order valence-electron chi connectivity index (χ1n) is 6.49. The molecule has 94 valence electrons. The van der Waals surface area contributed by atoms with Gasteiger partial charge in [0.1, 0.15) is 12.2 Å². The predicted molar refractivity (Wildman–Crippen MR) is 70.3 cm³/mol. The molecule has 0 aliphatic carbocycles. The van der Waals surface area contributed by atoms with Crippen LogP contribution in [-0.4, -0.2) is 21.3 Å². The van der Waals surface area contributed by atoms with Gasteiger partial charge in [0.05, 0.1) is 12.6 Å². The summed E-state index contributed by atoms with van der Waals surface area (Å²) in [6.45, 7) is 3.99. The number of aryl methyl sites for hydroxylation is 1. The van der Waals surface area contributed by atoms with Crippen molar-refractivity contribution in [2.24, 2.45) is 0 Å². The zero-order valence-electron chi connectivity index (χ0n) is 10.6. The average Bonchev–Trinajstić information content (AvgIpc) is 3.02. The van der Waals surface area contributed by atoms with Crippen LogP contribution in [0, 0.1) is 6.92 Å². The topological polar surface area (TPSA) is 42.7 Å². The molecule has 1 aromatic heterocycles. The molecule has 18 heavy (non-hydrogen) atoms. The summed E-state index contributed by atoms with van der Waals surface area (Å²) in [5.41, 5.74) is 2.56. The minimum absolute atomic E-state index is 0.373. The number of hydrogen-bond donors (Lipinski definition) is 1. The average molecular weight is 242 g/mol. The van der Waals surface area contributed by atoms with Crippen LogP contribution in [0.5, 0.6) is 0 Å². The van der Waals surface area contributed by atoms with Gasteiger partial charge in [0.25, 0.3) is 0 Å². The molecule has 1 atom stereocenters. The van der Waals surface area contributed by atoms with Crippen LogP contribution in [0.25, 0.3) is 0 Å². The number of nitrogens with one attached hydrogen (secondary N) is 1. The zero-order valence-corrected chi connectivity index (χ0v) is 10.6. The highest BCUT2D eigenvalue weighted by Gasteiger charge is 2.21. The van der Waals surface area contributed by atoms with Crippen molar-refractivity contribution in [2.45, 2.75) is 32.4 Å². The molecule has 1 saturated heterocycles. The Labute approximate surface area is 107 Å². The highest BCUT2D eigenvalue weighted by atomic mass is 15.3. The quantitative estimate of drug-likeness (QED) is 0.896. The minimum Gasteiger partial charge on any atom is -0.307 e. The van der Waals surface area contributed by atoms with E-state index < -0.39 is 0 Å². The molecule has 0 radical (unpaired) electrons. The van der Waals surface area contributed by atoms with Crippen LogP contribution in [-0.2, 0) is 6.54 Å². The van der Waals surface area contributed by atoms with Crippen molar-refractivity contribution in [3.63, 3.8) is 0 Å². The summed E-state index contributed by atoms with van der Waals surface area (Å²) in [6.07, 6.45) is 4.04. The smallest absolute Gasteiger partial charge is 0.144 e. The van der Waals surface area contributed by atoms with E-state index in [1.165, 1.54) is 17.5 Å². The van der Waals surface area contributed by atoms with Gasteiger partial charge in [-0.1, -0.05) is 29.8 Å². The van der Waals surface area contributed by atoms with Crippen molar-refractivity contribution >= 4 is 0 Å². The van der Waals surface area contributed by atoms with Crippen LogP contribution in [0.2, 0.25) is 0 Å². The summed E-state index contributed by atoms with van der Waals surface area (Å²) < 4.78 is 2.01. The predicted octanol–water partition coefficient (Wildman–Crippen LogP) is 2.06. The van der Waals surface area contributed by atoms with Gasteiger partial charge in [-0.05, 0) is 31.9 Å². The Morgan fingerprint density at radius 1 is 1.33 bits per heavy atom. The van der Waals surface area contributed by atoms with Gasteiger partial charge in [0.15, 0.2) is 0 Å². The molecule has 2 heterocycles. The van der Waals surface area contributed by atoms with Crippen LogP contribution in [0.15, 0.2) is 30.6 Å². The molecule has 0 unspecified atom stereocenters. The van der Waals surface area contributed by atoms with Crippen LogP contribution in [0.1, 0.15) is 35.8 Å². The van der Waals surface area contributed by atoms with Crippen molar-refractivity contribution in [1.29, 1.82) is 0 Å². The largest absolute Gasteiger partial charge is 0.307 e. The number of benzene rings is 1. The third kappa shape index (κ3) is 2.29. The van der Waals surface area contributed by atoms with Crippen LogP contribution < -0.4 is 5.32 Å². The maximum atomic E-state index is 4.40. The number of rotatable bonds is 3. The van der Waals surface area contributed by atoms with E-state index in [1.54, 1.807) is 6.33 Å². The van der Waals surface area contributed by atoms with Gasteiger partial charge < -0.3 is 5.32 Å².